The molecule has 0 aromatic carbocycles. The predicted octanol–water partition coefficient (Wildman–Crippen LogP) is 0.801. The van der Waals surface area contributed by atoms with Crippen LogP contribution in [0.4, 0.5) is 0 Å². The van der Waals surface area contributed by atoms with E-state index in [2.05, 4.69) is 10.00 Å². The number of rotatable bonds is 5. The molecule has 1 fully saturated rings. The van der Waals surface area contributed by atoms with Gasteiger partial charge in [-0.05, 0) is 38.8 Å². The minimum absolute atomic E-state index is 0.271. The number of aromatic nitrogens is 2. The highest BCUT2D eigenvalue weighted by Gasteiger charge is 2.23. The Morgan fingerprint density at radius 1 is 1.50 bits per heavy atom. The second-order valence-corrected chi connectivity index (χ2v) is 5.25. The standard InChI is InChI=1S/C14H23N3O3/c1-3-20-14(19)12-8-15-16(2)13(12)9-17-6-4-11(10-18)5-7-17/h8,11,18H,3-7,9-10H2,1-2H3. The molecule has 0 atom stereocenters. The lowest BCUT2D eigenvalue weighted by Gasteiger charge is -2.31. The minimum atomic E-state index is -0.305. The molecule has 6 nitrogen and oxygen atoms in total. The number of aliphatic hydroxyl groups excluding tert-OH is 1. The third-order valence-electron chi connectivity index (χ3n) is 3.90. The van der Waals surface area contributed by atoms with Crippen molar-refractivity contribution < 1.29 is 14.6 Å². The zero-order valence-electron chi connectivity index (χ0n) is 12.2. The van der Waals surface area contributed by atoms with E-state index in [0.717, 1.165) is 31.6 Å². The fourth-order valence-electron chi connectivity index (χ4n) is 2.57. The second kappa shape index (κ2) is 6.85. The molecule has 6 heteroatoms. The lowest BCUT2D eigenvalue weighted by Crippen LogP contribution is -2.35. The molecule has 2 rings (SSSR count). The maximum absolute atomic E-state index is 11.9. The normalized spacial score (nSPS) is 17.4. The van der Waals surface area contributed by atoms with Crippen molar-refractivity contribution in [2.24, 2.45) is 13.0 Å². The fraction of sp³-hybridized carbons (Fsp3) is 0.714. The lowest BCUT2D eigenvalue weighted by atomic mass is 9.98. The topological polar surface area (TPSA) is 67.6 Å². The number of hydrogen-bond acceptors (Lipinski definition) is 5. The number of aliphatic hydroxyl groups is 1. The number of likely N-dealkylation sites (tertiary alicyclic amines) is 1. The van der Waals surface area contributed by atoms with Gasteiger partial charge >= 0.3 is 5.97 Å². The van der Waals surface area contributed by atoms with Crippen molar-refractivity contribution in [2.45, 2.75) is 26.3 Å². The smallest absolute Gasteiger partial charge is 0.341 e. The Labute approximate surface area is 119 Å². The van der Waals surface area contributed by atoms with Crippen LogP contribution in [0.3, 0.4) is 0 Å². The van der Waals surface area contributed by atoms with Crippen molar-refractivity contribution in [1.29, 1.82) is 0 Å². The molecule has 0 saturated carbocycles. The van der Waals surface area contributed by atoms with E-state index in [4.69, 9.17) is 9.84 Å². The Morgan fingerprint density at radius 2 is 2.20 bits per heavy atom. The van der Waals surface area contributed by atoms with Crippen LogP contribution in [-0.2, 0) is 18.3 Å². The van der Waals surface area contributed by atoms with Crippen molar-refractivity contribution in [3.63, 3.8) is 0 Å². The molecule has 1 N–H and O–H groups in total. The molecule has 0 aliphatic carbocycles. The Hall–Kier alpha value is -1.40. The molecule has 1 aromatic rings. The van der Waals surface area contributed by atoms with Crippen LogP contribution in [0.1, 0.15) is 35.8 Å². The van der Waals surface area contributed by atoms with Gasteiger partial charge < -0.3 is 9.84 Å². The molecule has 0 amide bonds. The summed E-state index contributed by atoms with van der Waals surface area (Å²) in [4.78, 5) is 14.2. The molecular formula is C14H23N3O3. The Balaban J connectivity index is 2.02. The van der Waals surface area contributed by atoms with Gasteiger partial charge in [-0.25, -0.2) is 4.79 Å². The van der Waals surface area contributed by atoms with Gasteiger partial charge in [0.2, 0.25) is 0 Å². The lowest BCUT2D eigenvalue weighted by molar-refractivity contribution is 0.0522. The van der Waals surface area contributed by atoms with Gasteiger partial charge in [0.05, 0.1) is 18.5 Å². The molecule has 112 valence electrons. The minimum Gasteiger partial charge on any atom is -0.462 e. The number of nitrogens with zero attached hydrogens (tertiary/aromatic N) is 3. The quantitative estimate of drug-likeness (QED) is 0.809. The van der Waals surface area contributed by atoms with E-state index < -0.39 is 0 Å². The Morgan fingerprint density at radius 3 is 2.80 bits per heavy atom. The number of ether oxygens (including phenoxy) is 1. The summed E-state index contributed by atoms with van der Waals surface area (Å²) in [5.41, 5.74) is 1.45. The van der Waals surface area contributed by atoms with E-state index in [1.165, 1.54) is 0 Å². The highest BCUT2D eigenvalue weighted by molar-refractivity contribution is 5.90. The average molecular weight is 281 g/mol. The van der Waals surface area contributed by atoms with Gasteiger partial charge in [0.15, 0.2) is 0 Å². The van der Waals surface area contributed by atoms with Crippen molar-refractivity contribution in [3.05, 3.63) is 17.5 Å². The summed E-state index contributed by atoms with van der Waals surface area (Å²) in [6.45, 7) is 5.02. The molecule has 1 aliphatic rings. The molecule has 1 aliphatic heterocycles. The summed E-state index contributed by atoms with van der Waals surface area (Å²) < 4.78 is 6.80. The maximum atomic E-state index is 11.9. The summed E-state index contributed by atoms with van der Waals surface area (Å²) >= 11 is 0. The maximum Gasteiger partial charge on any atom is 0.341 e. The Bertz CT molecular complexity index is 451. The van der Waals surface area contributed by atoms with Crippen LogP contribution in [0.2, 0.25) is 0 Å². The largest absolute Gasteiger partial charge is 0.462 e. The summed E-state index contributed by atoms with van der Waals surface area (Å²) in [6.07, 6.45) is 3.58. The zero-order valence-corrected chi connectivity index (χ0v) is 12.2. The summed E-state index contributed by atoms with van der Waals surface area (Å²) in [5.74, 6) is 0.114. The van der Waals surface area contributed by atoms with Crippen LogP contribution in [0.5, 0.6) is 0 Å². The molecule has 1 aromatic heterocycles. The summed E-state index contributed by atoms with van der Waals surface area (Å²) in [7, 11) is 1.85. The molecule has 20 heavy (non-hydrogen) atoms. The first-order valence-corrected chi connectivity index (χ1v) is 7.16. The number of esters is 1. The van der Waals surface area contributed by atoms with Crippen LogP contribution in [0, 0.1) is 5.92 Å². The van der Waals surface area contributed by atoms with Gasteiger partial charge in [-0.3, -0.25) is 9.58 Å². The summed E-state index contributed by atoms with van der Waals surface area (Å²) in [5, 5.41) is 13.3. The van der Waals surface area contributed by atoms with E-state index in [1.807, 2.05) is 7.05 Å². The van der Waals surface area contributed by atoms with Gasteiger partial charge in [-0.2, -0.15) is 5.10 Å². The van der Waals surface area contributed by atoms with Crippen LogP contribution in [-0.4, -0.2) is 52.1 Å². The first kappa shape index (κ1) is 15.0. The summed E-state index contributed by atoms with van der Waals surface area (Å²) in [6, 6.07) is 0. The van der Waals surface area contributed by atoms with Gasteiger partial charge in [0, 0.05) is 20.2 Å². The fourth-order valence-corrected chi connectivity index (χ4v) is 2.57. The first-order chi connectivity index (χ1) is 9.65. The van der Waals surface area contributed by atoms with E-state index >= 15 is 0 Å². The Kier molecular flexibility index (Phi) is 5.14. The third-order valence-corrected chi connectivity index (χ3v) is 3.90. The number of aryl methyl sites for hydroxylation is 1. The van der Waals surface area contributed by atoms with E-state index in [9.17, 15) is 4.79 Å². The van der Waals surface area contributed by atoms with Gasteiger partial charge in [0.1, 0.15) is 5.56 Å². The monoisotopic (exact) mass is 281 g/mol. The number of piperidine rings is 1. The van der Waals surface area contributed by atoms with Gasteiger partial charge in [-0.15, -0.1) is 0 Å². The third kappa shape index (κ3) is 3.37. The number of hydrogen-bond donors (Lipinski definition) is 1. The van der Waals surface area contributed by atoms with Crippen LogP contribution < -0.4 is 0 Å². The SMILES string of the molecule is CCOC(=O)c1cnn(C)c1CN1CCC(CO)CC1. The highest BCUT2D eigenvalue weighted by atomic mass is 16.5. The second-order valence-electron chi connectivity index (χ2n) is 5.25. The molecule has 0 bridgehead atoms. The number of carbonyl (C=O) groups excluding carboxylic acids is 1. The van der Waals surface area contributed by atoms with Crippen molar-refractivity contribution in [1.82, 2.24) is 14.7 Å². The zero-order chi connectivity index (χ0) is 14.5. The molecule has 2 heterocycles. The number of carbonyl (C=O) groups is 1. The van der Waals surface area contributed by atoms with Gasteiger partial charge in [0.25, 0.3) is 0 Å². The molecule has 0 unspecified atom stereocenters. The highest BCUT2D eigenvalue weighted by Crippen LogP contribution is 2.20. The van der Waals surface area contributed by atoms with Crippen molar-refractivity contribution in [3.8, 4) is 0 Å². The molecule has 0 radical (unpaired) electrons. The molecular weight excluding hydrogens is 258 g/mol. The van der Waals surface area contributed by atoms with Gasteiger partial charge in [-0.1, -0.05) is 0 Å². The van der Waals surface area contributed by atoms with E-state index in [0.29, 0.717) is 24.6 Å². The molecule has 1 saturated heterocycles. The van der Waals surface area contributed by atoms with Crippen LogP contribution >= 0.6 is 0 Å². The van der Waals surface area contributed by atoms with Crippen molar-refractivity contribution in [2.75, 3.05) is 26.3 Å². The average Bonchev–Trinajstić information content (AvgIpc) is 2.81. The predicted molar refractivity (Wildman–Crippen MR) is 74.3 cm³/mol. The van der Waals surface area contributed by atoms with E-state index in [1.54, 1.807) is 17.8 Å². The van der Waals surface area contributed by atoms with Crippen LogP contribution in [0.15, 0.2) is 6.20 Å². The molecule has 0 spiro atoms. The van der Waals surface area contributed by atoms with Crippen molar-refractivity contribution >= 4 is 5.97 Å². The first-order valence-electron chi connectivity index (χ1n) is 7.16. The van der Waals surface area contributed by atoms with Crippen LogP contribution in [0.25, 0.3) is 0 Å². The van der Waals surface area contributed by atoms with E-state index in [-0.39, 0.29) is 12.6 Å².